The number of thiocarbonyl (C=S) groups is 1. The van der Waals surface area contributed by atoms with E-state index < -0.39 is 0 Å². The van der Waals surface area contributed by atoms with E-state index in [1.807, 2.05) is 54.6 Å². The van der Waals surface area contributed by atoms with E-state index in [9.17, 15) is 4.79 Å². The molecule has 0 aliphatic carbocycles. The molecule has 3 nitrogen and oxygen atoms in total. The lowest BCUT2D eigenvalue weighted by Crippen LogP contribution is -2.22. The van der Waals surface area contributed by atoms with Crippen LogP contribution in [-0.2, 0) is 14.3 Å². The summed E-state index contributed by atoms with van der Waals surface area (Å²) in [7, 11) is 0. The first kappa shape index (κ1) is 16.0. The number of carbonyl (C=O) groups excluding carboxylic acids is 1. The van der Waals surface area contributed by atoms with Crippen molar-refractivity contribution in [1.29, 1.82) is 0 Å². The van der Waals surface area contributed by atoms with E-state index >= 15 is 0 Å². The summed E-state index contributed by atoms with van der Waals surface area (Å²) in [6, 6.07) is 16.9. The lowest BCUT2D eigenvalue weighted by Gasteiger charge is -2.16. The summed E-state index contributed by atoms with van der Waals surface area (Å²) in [4.78, 5) is 12.0. The van der Waals surface area contributed by atoms with Gasteiger partial charge in [-0.25, -0.2) is 0 Å². The molecule has 1 fully saturated rings. The average Bonchev–Trinajstić information content (AvgIpc) is 2.95. The first-order valence-electron chi connectivity index (χ1n) is 7.29. The molecule has 1 saturated heterocycles. The van der Waals surface area contributed by atoms with E-state index in [1.165, 1.54) is 0 Å². The van der Waals surface area contributed by atoms with E-state index in [0.717, 1.165) is 11.1 Å². The maximum atomic E-state index is 12.0. The van der Waals surface area contributed by atoms with E-state index in [0.29, 0.717) is 16.7 Å². The Morgan fingerprint density at radius 2 is 1.87 bits per heavy atom. The second-order valence-electron chi connectivity index (χ2n) is 5.36. The van der Waals surface area contributed by atoms with Gasteiger partial charge in [-0.2, -0.15) is 0 Å². The molecule has 0 bridgehead atoms. The Hall–Kier alpha value is -1.91. The van der Waals surface area contributed by atoms with Crippen LogP contribution >= 0.6 is 23.8 Å². The minimum atomic E-state index is -0.363. The van der Waals surface area contributed by atoms with Crippen molar-refractivity contribution < 1.29 is 14.3 Å². The molecule has 118 valence electrons. The predicted octanol–water partition coefficient (Wildman–Crippen LogP) is 3.99. The lowest BCUT2D eigenvalue weighted by atomic mass is 9.89. The zero-order valence-corrected chi connectivity index (χ0v) is 13.8. The topological polar surface area (TPSA) is 35.5 Å². The van der Waals surface area contributed by atoms with E-state index in [-0.39, 0.29) is 24.4 Å². The van der Waals surface area contributed by atoms with E-state index in [1.54, 1.807) is 0 Å². The number of carbonyl (C=O) groups is 1. The zero-order valence-electron chi connectivity index (χ0n) is 12.3. The van der Waals surface area contributed by atoms with Crippen LogP contribution in [0.4, 0.5) is 0 Å². The molecule has 23 heavy (non-hydrogen) atoms. The highest BCUT2D eigenvalue weighted by Gasteiger charge is 2.38. The Balaban J connectivity index is 1.68. The molecular weight excluding hydrogens is 332 g/mol. The van der Waals surface area contributed by atoms with Crippen LogP contribution in [0.3, 0.4) is 0 Å². The van der Waals surface area contributed by atoms with Gasteiger partial charge in [0.1, 0.15) is 12.5 Å². The van der Waals surface area contributed by atoms with Crippen molar-refractivity contribution in [2.24, 2.45) is 5.92 Å². The van der Waals surface area contributed by atoms with Crippen molar-refractivity contribution >= 4 is 34.8 Å². The molecule has 0 amide bonds. The highest BCUT2D eigenvalue weighted by atomic mass is 35.5. The zero-order chi connectivity index (χ0) is 16.2. The molecule has 3 rings (SSSR count). The Bertz CT molecular complexity index is 700. The maximum absolute atomic E-state index is 12.0. The van der Waals surface area contributed by atoms with Gasteiger partial charge in [0.05, 0.1) is 6.61 Å². The summed E-state index contributed by atoms with van der Waals surface area (Å²) >= 11 is 11.2. The number of hydrogen-bond donors (Lipinski definition) is 0. The molecule has 0 N–H and O–H groups in total. The molecule has 2 aromatic rings. The number of halogens is 1. The number of rotatable bonds is 4. The third-order valence-corrected chi connectivity index (χ3v) is 4.50. The molecule has 1 aliphatic rings. The summed E-state index contributed by atoms with van der Waals surface area (Å²) in [5.41, 5.74) is 1.84. The van der Waals surface area contributed by atoms with Crippen molar-refractivity contribution in [2.75, 3.05) is 13.2 Å². The Morgan fingerprint density at radius 1 is 1.17 bits per heavy atom. The third kappa shape index (κ3) is 3.71. The summed E-state index contributed by atoms with van der Waals surface area (Å²) < 4.78 is 10.9. The van der Waals surface area contributed by atoms with Gasteiger partial charge < -0.3 is 9.47 Å². The molecule has 2 atom stereocenters. The fourth-order valence-electron chi connectivity index (χ4n) is 2.61. The van der Waals surface area contributed by atoms with Crippen LogP contribution < -0.4 is 0 Å². The fraction of sp³-hybridized carbons (Fsp3) is 0.222. The summed E-state index contributed by atoms with van der Waals surface area (Å²) in [6.45, 7) is 0.562. The number of cyclic esters (lactones) is 1. The third-order valence-electron chi connectivity index (χ3n) is 3.90. The smallest absolute Gasteiger partial charge is 0.313 e. The summed E-state index contributed by atoms with van der Waals surface area (Å²) in [6.07, 6.45) is 0. The van der Waals surface area contributed by atoms with Gasteiger partial charge in [-0.3, -0.25) is 4.79 Å². The molecule has 0 spiro atoms. The molecule has 1 aliphatic heterocycles. The van der Waals surface area contributed by atoms with Gasteiger partial charge in [0, 0.05) is 16.5 Å². The molecule has 5 heteroatoms. The van der Waals surface area contributed by atoms with Gasteiger partial charge in [-0.1, -0.05) is 54.1 Å². The van der Waals surface area contributed by atoms with E-state index in [2.05, 4.69) is 0 Å². The van der Waals surface area contributed by atoms with Gasteiger partial charge in [0.15, 0.2) is 5.05 Å². The molecule has 0 saturated carbocycles. The van der Waals surface area contributed by atoms with Crippen molar-refractivity contribution in [1.82, 2.24) is 0 Å². The normalized spacial score (nSPS) is 20.1. The monoisotopic (exact) mass is 346 g/mol. The standard InChI is InChI=1S/C18H15ClO3S/c19-14-8-6-12(7-9-14)15-10-21-17(20)16(15)11-22-18(23)13-4-2-1-3-5-13/h1-9,15-16H,10-11H2/t15?,16-/m1/s1. The largest absolute Gasteiger partial charge is 0.482 e. The van der Waals surface area contributed by atoms with Gasteiger partial charge in [0.25, 0.3) is 0 Å². The lowest BCUT2D eigenvalue weighted by molar-refractivity contribution is -0.142. The second-order valence-corrected chi connectivity index (χ2v) is 6.17. The van der Waals surface area contributed by atoms with Crippen molar-refractivity contribution in [2.45, 2.75) is 5.92 Å². The number of benzene rings is 2. The molecule has 0 aromatic heterocycles. The van der Waals surface area contributed by atoms with E-state index in [4.69, 9.17) is 33.3 Å². The predicted molar refractivity (Wildman–Crippen MR) is 92.7 cm³/mol. The molecule has 1 heterocycles. The van der Waals surface area contributed by atoms with Crippen LogP contribution in [0, 0.1) is 5.92 Å². The SMILES string of the molecule is O=C1OCC(c2ccc(Cl)cc2)[C@H]1COC(=S)c1ccccc1. The highest BCUT2D eigenvalue weighted by Crippen LogP contribution is 2.33. The van der Waals surface area contributed by atoms with Crippen molar-refractivity contribution in [3.63, 3.8) is 0 Å². The van der Waals surface area contributed by atoms with Gasteiger partial charge in [-0.05, 0) is 29.9 Å². The molecule has 1 unspecified atom stereocenters. The fourth-order valence-corrected chi connectivity index (χ4v) is 2.94. The Kier molecular flexibility index (Phi) is 4.94. The van der Waals surface area contributed by atoms with Crippen LogP contribution in [0.15, 0.2) is 54.6 Å². The molecule has 2 aromatic carbocycles. The minimum absolute atomic E-state index is 0.0432. The van der Waals surface area contributed by atoms with Crippen LogP contribution in [0.25, 0.3) is 0 Å². The molecular formula is C18H15ClO3S. The first-order valence-corrected chi connectivity index (χ1v) is 8.08. The van der Waals surface area contributed by atoms with Crippen molar-refractivity contribution in [3.05, 3.63) is 70.7 Å². The second kappa shape index (κ2) is 7.11. The number of hydrogen-bond acceptors (Lipinski definition) is 4. The van der Waals surface area contributed by atoms with Crippen molar-refractivity contribution in [3.8, 4) is 0 Å². The quantitative estimate of drug-likeness (QED) is 0.619. The van der Waals surface area contributed by atoms with Crippen LogP contribution in [0.2, 0.25) is 5.02 Å². The summed E-state index contributed by atoms with van der Waals surface area (Å²) in [5, 5.41) is 1.05. The van der Waals surface area contributed by atoms with Gasteiger partial charge >= 0.3 is 5.97 Å². The average molecular weight is 347 g/mol. The summed E-state index contributed by atoms with van der Waals surface area (Å²) in [5.74, 6) is -0.656. The Morgan fingerprint density at radius 3 is 2.57 bits per heavy atom. The van der Waals surface area contributed by atoms with Gasteiger partial charge in [0.2, 0.25) is 0 Å². The number of esters is 1. The number of ether oxygens (including phenoxy) is 2. The highest BCUT2D eigenvalue weighted by molar-refractivity contribution is 7.80. The molecule has 0 radical (unpaired) electrons. The van der Waals surface area contributed by atoms with Crippen LogP contribution in [0.1, 0.15) is 17.0 Å². The Labute approximate surface area is 145 Å². The maximum Gasteiger partial charge on any atom is 0.313 e. The van der Waals surface area contributed by atoms with Crippen LogP contribution in [-0.4, -0.2) is 24.2 Å². The minimum Gasteiger partial charge on any atom is -0.482 e. The van der Waals surface area contributed by atoms with Gasteiger partial charge in [-0.15, -0.1) is 0 Å². The van der Waals surface area contributed by atoms with Crippen LogP contribution in [0.5, 0.6) is 0 Å². The first-order chi connectivity index (χ1) is 11.1.